The molecule has 2 N–H and O–H groups in total. The molecule has 0 aliphatic carbocycles. The van der Waals surface area contributed by atoms with Crippen molar-refractivity contribution in [2.24, 2.45) is 5.73 Å². The molecule has 0 bridgehead atoms. The highest BCUT2D eigenvalue weighted by atomic mass is 35.5. The first-order valence-corrected chi connectivity index (χ1v) is 6.36. The van der Waals surface area contributed by atoms with Gasteiger partial charge in [0.15, 0.2) is 5.82 Å². The highest BCUT2D eigenvalue weighted by molar-refractivity contribution is 6.42. The van der Waals surface area contributed by atoms with Crippen molar-refractivity contribution in [2.45, 2.75) is 13.3 Å². The van der Waals surface area contributed by atoms with Crippen molar-refractivity contribution in [3.8, 4) is 11.4 Å². The van der Waals surface area contributed by atoms with Crippen LogP contribution in [-0.4, -0.2) is 16.5 Å². The molecule has 2 rings (SSSR count). The molecule has 0 atom stereocenters. The van der Waals surface area contributed by atoms with Gasteiger partial charge in [0.25, 0.3) is 0 Å². The van der Waals surface area contributed by atoms with E-state index in [0.29, 0.717) is 22.4 Å². The van der Waals surface area contributed by atoms with Gasteiger partial charge in [-0.1, -0.05) is 23.2 Å². The lowest BCUT2D eigenvalue weighted by molar-refractivity contribution is 0.905. The van der Waals surface area contributed by atoms with Crippen molar-refractivity contribution in [3.63, 3.8) is 0 Å². The van der Waals surface area contributed by atoms with Crippen molar-refractivity contribution < 1.29 is 0 Å². The number of aryl methyl sites for hydroxylation is 1. The van der Waals surface area contributed by atoms with Gasteiger partial charge in [0.05, 0.1) is 10.0 Å². The number of aromatic nitrogens is 2. The number of nitrogens with two attached hydrogens (primary N) is 1. The number of hydrogen-bond acceptors (Lipinski definition) is 3. The summed E-state index contributed by atoms with van der Waals surface area (Å²) in [7, 11) is 0. The quantitative estimate of drug-likeness (QED) is 0.940. The fourth-order valence-electron chi connectivity index (χ4n) is 1.67. The van der Waals surface area contributed by atoms with Gasteiger partial charge in [0.1, 0.15) is 0 Å². The maximum atomic E-state index is 6.00. The summed E-state index contributed by atoms with van der Waals surface area (Å²) in [4.78, 5) is 8.87. The average molecular weight is 282 g/mol. The summed E-state index contributed by atoms with van der Waals surface area (Å²) in [6.07, 6.45) is 0.734. The van der Waals surface area contributed by atoms with Gasteiger partial charge in [-0.15, -0.1) is 0 Å². The Morgan fingerprint density at radius 3 is 2.56 bits per heavy atom. The molecule has 0 saturated heterocycles. The number of rotatable bonds is 3. The van der Waals surface area contributed by atoms with E-state index in [1.807, 2.05) is 19.1 Å². The lowest BCUT2D eigenvalue weighted by Gasteiger charge is -2.06. The smallest absolute Gasteiger partial charge is 0.159 e. The van der Waals surface area contributed by atoms with E-state index in [4.69, 9.17) is 28.9 Å². The fourth-order valence-corrected chi connectivity index (χ4v) is 1.97. The van der Waals surface area contributed by atoms with Gasteiger partial charge in [0.2, 0.25) is 0 Å². The Morgan fingerprint density at radius 1 is 1.11 bits per heavy atom. The summed E-state index contributed by atoms with van der Waals surface area (Å²) in [6.45, 7) is 2.50. The predicted octanol–water partition coefficient (Wildman–Crippen LogP) is 3.26. The summed E-state index contributed by atoms with van der Waals surface area (Å²) < 4.78 is 0. The molecule has 0 aliphatic heterocycles. The standard InChI is InChI=1S/C13H13Cl2N3/c1-8-6-10(4-5-16)18-13(17-8)9-2-3-11(14)12(15)7-9/h2-3,6-7H,4-5,16H2,1H3. The van der Waals surface area contributed by atoms with Crippen LogP contribution in [0.4, 0.5) is 0 Å². The average Bonchev–Trinajstić information content (AvgIpc) is 2.32. The minimum atomic E-state index is 0.500. The number of benzene rings is 1. The zero-order valence-corrected chi connectivity index (χ0v) is 11.5. The molecular formula is C13H13Cl2N3. The Balaban J connectivity index is 2.46. The molecule has 0 aliphatic rings. The normalized spacial score (nSPS) is 10.7. The largest absolute Gasteiger partial charge is 0.330 e. The minimum absolute atomic E-state index is 0.500. The number of hydrogen-bond donors (Lipinski definition) is 1. The van der Waals surface area contributed by atoms with Crippen LogP contribution in [0.3, 0.4) is 0 Å². The molecule has 1 aromatic heterocycles. The second kappa shape index (κ2) is 5.65. The van der Waals surface area contributed by atoms with Gasteiger partial charge in [-0.05, 0) is 37.7 Å². The van der Waals surface area contributed by atoms with E-state index in [2.05, 4.69) is 9.97 Å². The summed E-state index contributed by atoms with van der Waals surface area (Å²) >= 11 is 11.9. The first kappa shape index (κ1) is 13.3. The first-order valence-electron chi connectivity index (χ1n) is 5.60. The lowest BCUT2D eigenvalue weighted by Crippen LogP contribution is -2.06. The summed E-state index contributed by atoms with van der Waals surface area (Å²) in [5.74, 6) is 0.650. The second-order valence-corrected chi connectivity index (χ2v) is 4.81. The molecule has 18 heavy (non-hydrogen) atoms. The van der Waals surface area contributed by atoms with Crippen molar-refractivity contribution in [1.82, 2.24) is 9.97 Å². The van der Waals surface area contributed by atoms with E-state index in [1.165, 1.54) is 0 Å². The number of halogens is 2. The third-order valence-electron chi connectivity index (χ3n) is 2.49. The van der Waals surface area contributed by atoms with Crippen LogP contribution in [0.5, 0.6) is 0 Å². The van der Waals surface area contributed by atoms with Crippen LogP contribution in [0.1, 0.15) is 11.4 Å². The van der Waals surface area contributed by atoms with Crippen molar-refractivity contribution in [2.75, 3.05) is 6.54 Å². The van der Waals surface area contributed by atoms with E-state index in [1.54, 1.807) is 12.1 Å². The van der Waals surface area contributed by atoms with Crippen molar-refractivity contribution in [3.05, 3.63) is 45.7 Å². The first-order chi connectivity index (χ1) is 8.60. The van der Waals surface area contributed by atoms with Crippen LogP contribution in [0, 0.1) is 6.92 Å². The van der Waals surface area contributed by atoms with Crippen LogP contribution in [-0.2, 0) is 6.42 Å². The van der Waals surface area contributed by atoms with Crippen molar-refractivity contribution >= 4 is 23.2 Å². The maximum absolute atomic E-state index is 6.00. The molecule has 0 radical (unpaired) electrons. The molecule has 0 amide bonds. The highest BCUT2D eigenvalue weighted by Crippen LogP contribution is 2.27. The molecule has 3 nitrogen and oxygen atoms in total. The van der Waals surface area contributed by atoms with E-state index in [9.17, 15) is 0 Å². The molecule has 94 valence electrons. The summed E-state index contributed by atoms with van der Waals surface area (Å²) in [6, 6.07) is 7.31. The van der Waals surface area contributed by atoms with Gasteiger partial charge < -0.3 is 5.73 Å². The fraction of sp³-hybridized carbons (Fsp3) is 0.231. The van der Waals surface area contributed by atoms with Gasteiger partial charge >= 0.3 is 0 Å². The molecule has 5 heteroatoms. The number of nitrogens with zero attached hydrogens (tertiary/aromatic N) is 2. The molecule has 1 aromatic carbocycles. The van der Waals surface area contributed by atoms with Crippen LogP contribution < -0.4 is 5.73 Å². The Morgan fingerprint density at radius 2 is 1.89 bits per heavy atom. The molecule has 1 heterocycles. The second-order valence-electron chi connectivity index (χ2n) is 3.99. The van der Waals surface area contributed by atoms with E-state index in [-0.39, 0.29) is 0 Å². The topological polar surface area (TPSA) is 51.8 Å². The summed E-state index contributed by atoms with van der Waals surface area (Å²) in [5, 5.41) is 1.02. The zero-order valence-electron chi connectivity index (χ0n) is 9.95. The summed E-state index contributed by atoms with van der Waals surface area (Å²) in [5.41, 5.74) is 8.25. The molecule has 0 unspecified atom stereocenters. The SMILES string of the molecule is Cc1cc(CCN)nc(-c2ccc(Cl)c(Cl)c2)n1. The molecule has 2 aromatic rings. The van der Waals surface area contributed by atoms with Gasteiger partial charge in [-0.2, -0.15) is 0 Å². The van der Waals surface area contributed by atoms with E-state index in [0.717, 1.165) is 23.4 Å². The van der Waals surface area contributed by atoms with Gasteiger partial charge in [-0.25, -0.2) is 9.97 Å². The zero-order chi connectivity index (χ0) is 13.1. The minimum Gasteiger partial charge on any atom is -0.330 e. The third kappa shape index (κ3) is 2.99. The van der Waals surface area contributed by atoms with Crippen LogP contribution >= 0.6 is 23.2 Å². The Labute approximate surface area is 116 Å². The Kier molecular flexibility index (Phi) is 4.17. The highest BCUT2D eigenvalue weighted by Gasteiger charge is 2.07. The third-order valence-corrected chi connectivity index (χ3v) is 3.22. The monoisotopic (exact) mass is 281 g/mol. The van der Waals surface area contributed by atoms with E-state index >= 15 is 0 Å². The predicted molar refractivity (Wildman–Crippen MR) is 75.0 cm³/mol. The molecule has 0 spiro atoms. The Bertz CT molecular complexity index is 570. The Hall–Kier alpha value is -1.16. The van der Waals surface area contributed by atoms with Gasteiger partial charge in [0, 0.05) is 23.4 Å². The maximum Gasteiger partial charge on any atom is 0.159 e. The van der Waals surface area contributed by atoms with Crippen LogP contribution in [0.25, 0.3) is 11.4 Å². The van der Waals surface area contributed by atoms with Crippen molar-refractivity contribution in [1.29, 1.82) is 0 Å². The lowest BCUT2D eigenvalue weighted by atomic mass is 10.2. The molecule has 0 saturated carbocycles. The van der Waals surface area contributed by atoms with Gasteiger partial charge in [-0.3, -0.25) is 0 Å². The van der Waals surface area contributed by atoms with E-state index < -0.39 is 0 Å². The molecule has 0 fully saturated rings. The molecular weight excluding hydrogens is 269 g/mol. The van der Waals surface area contributed by atoms with Crippen LogP contribution in [0.2, 0.25) is 10.0 Å². The van der Waals surface area contributed by atoms with Crippen LogP contribution in [0.15, 0.2) is 24.3 Å².